The fraction of sp³-hybridized carbons (Fsp3) is 0.400. The van der Waals surface area contributed by atoms with E-state index in [1.807, 2.05) is 13.8 Å². The van der Waals surface area contributed by atoms with E-state index >= 15 is 0 Å². The van der Waals surface area contributed by atoms with Crippen LogP contribution in [-0.2, 0) is 0 Å². The minimum Gasteiger partial charge on any atom is -0.496 e. The Hall–Kier alpha value is -1.58. The lowest BCUT2D eigenvalue weighted by Crippen LogP contribution is -1.94. The zero-order valence-corrected chi connectivity index (χ0v) is 8.90. The van der Waals surface area contributed by atoms with Gasteiger partial charge in [-0.3, -0.25) is 10.1 Å². The summed E-state index contributed by atoms with van der Waals surface area (Å²) in [4.78, 5) is 10.0. The zero-order valence-electron chi connectivity index (χ0n) is 8.90. The molecule has 14 heavy (non-hydrogen) atoms. The number of hydrogen-bond acceptors (Lipinski definition) is 3. The monoisotopic (exact) mass is 197 g/mol. The lowest BCUT2D eigenvalue weighted by molar-refractivity contribution is -0.385. The van der Waals surface area contributed by atoms with E-state index in [0.29, 0.717) is 11.3 Å². The van der Waals surface area contributed by atoms with Crippen molar-refractivity contribution in [3.05, 3.63) is 33.9 Å². The van der Waals surface area contributed by atoms with Gasteiger partial charge in [0.1, 0.15) is 5.75 Å². The molecule has 0 aliphatic carbocycles. The average Bonchev–Trinajstić information content (AvgIpc) is 2.21. The number of nitrogens with zero attached hydrogens (tertiary/aromatic N) is 1. The second-order valence-corrected chi connectivity index (χ2v) is 2.36. The molecule has 0 N–H and O–H groups in total. The molecule has 0 saturated carbocycles. The number of methoxy groups -OCH3 is 1. The summed E-state index contributed by atoms with van der Waals surface area (Å²) in [6, 6.07) is 4.75. The van der Waals surface area contributed by atoms with Crippen LogP contribution in [0.25, 0.3) is 0 Å². The van der Waals surface area contributed by atoms with Crippen LogP contribution in [0.2, 0.25) is 0 Å². The van der Waals surface area contributed by atoms with Gasteiger partial charge < -0.3 is 4.74 Å². The van der Waals surface area contributed by atoms with Gasteiger partial charge >= 0.3 is 0 Å². The molecule has 0 unspecified atom stereocenters. The molecule has 0 aromatic heterocycles. The SMILES string of the molecule is CC.COc1cccc([N+](=O)[O-])c1C. The fourth-order valence-corrected chi connectivity index (χ4v) is 1.02. The highest BCUT2D eigenvalue weighted by Gasteiger charge is 2.12. The van der Waals surface area contributed by atoms with E-state index in [1.165, 1.54) is 13.2 Å². The van der Waals surface area contributed by atoms with E-state index in [1.54, 1.807) is 19.1 Å². The number of nitro benzene ring substituents is 1. The van der Waals surface area contributed by atoms with Crippen molar-refractivity contribution in [2.45, 2.75) is 20.8 Å². The average molecular weight is 197 g/mol. The highest BCUT2D eigenvalue weighted by atomic mass is 16.6. The molecule has 0 radical (unpaired) electrons. The van der Waals surface area contributed by atoms with Crippen molar-refractivity contribution in [3.8, 4) is 5.75 Å². The minimum absolute atomic E-state index is 0.0920. The third-order valence-electron chi connectivity index (χ3n) is 1.67. The molecule has 0 fully saturated rings. The molecule has 78 valence electrons. The predicted octanol–water partition coefficient (Wildman–Crippen LogP) is 2.94. The molecule has 1 aromatic rings. The van der Waals surface area contributed by atoms with Gasteiger partial charge in [-0.1, -0.05) is 19.9 Å². The van der Waals surface area contributed by atoms with Crippen LogP contribution >= 0.6 is 0 Å². The van der Waals surface area contributed by atoms with Crippen molar-refractivity contribution in [2.75, 3.05) is 7.11 Å². The second-order valence-electron chi connectivity index (χ2n) is 2.36. The first-order valence-corrected chi connectivity index (χ1v) is 4.45. The smallest absolute Gasteiger partial charge is 0.276 e. The van der Waals surface area contributed by atoms with Crippen LogP contribution in [0.15, 0.2) is 18.2 Å². The molecular formula is C10H15NO3. The Balaban J connectivity index is 0.000000791. The maximum absolute atomic E-state index is 10.4. The van der Waals surface area contributed by atoms with Gasteiger partial charge in [-0.25, -0.2) is 0 Å². The number of hydrogen-bond donors (Lipinski definition) is 0. The normalized spacial score (nSPS) is 8.57. The van der Waals surface area contributed by atoms with Gasteiger partial charge in [-0.2, -0.15) is 0 Å². The number of benzene rings is 1. The maximum atomic E-state index is 10.4. The highest BCUT2D eigenvalue weighted by Crippen LogP contribution is 2.26. The zero-order chi connectivity index (χ0) is 11.1. The first-order valence-electron chi connectivity index (χ1n) is 4.45. The molecule has 0 bridgehead atoms. The maximum Gasteiger partial charge on any atom is 0.276 e. The number of ether oxygens (including phenoxy) is 1. The molecule has 1 rings (SSSR count). The highest BCUT2D eigenvalue weighted by molar-refractivity contribution is 5.48. The summed E-state index contributed by atoms with van der Waals surface area (Å²) >= 11 is 0. The topological polar surface area (TPSA) is 52.4 Å². The van der Waals surface area contributed by atoms with Crippen molar-refractivity contribution in [1.29, 1.82) is 0 Å². The van der Waals surface area contributed by atoms with Crippen LogP contribution in [0.1, 0.15) is 19.4 Å². The largest absolute Gasteiger partial charge is 0.496 e. The molecule has 1 aromatic carbocycles. The van der Waals surface area contributed by atoms with Gasteiger partial charge in [-0.05, 0) is 13.0 Å². The van der Waals surface area contributed by atoms with E-state index in [9.17, 15) is 10.1 Å². The lowest BCUT2D eigenvalue weighted by atomic mass is 10.2. The van der Waals surface area contributed by atoms with Gasteiger partial charge in [0.25, 0.3) is 5.69 Å². The van der Waals surface area contributed by atoms with E-state index < -0.39 is 4.92 Å². The number of nitro groups is 1. The summed E-state index contributed by atoms with van der Waals surface area (Å²) in [7, 11) is 1.49. The van der Waals surface area contributed by atoms with Crippen LogP contribution in [0.3, 0.4) is 0 Å². The Bertz CT molecular complexity index is 310. The van der Waals surface area contributed by atoms with Crippen LogP contribution in [0.4, 0.5) is 5.69 Å². The summed E-state index contributed by atoms with van der Waals surface area (Å²) in [6.45, 7) is 5.66. The molecule has 0 heterocycles. The van der Waals surface area contributed by atoms with Gasteiger partial charge in [-0.15, -0.1) is 0 Å². The van der Waals surface area contributed by atoms with Gasteiger partial charge in [0.05, 0.1) is 17.6 Å². The molecule has 0 atom stereocenters. The first kappa shape index (κ1) is 12.4. The number of rotatable bonds is 2. The molecular weight excluding hydrogens is 182 g/mol. The Morgan fingerprint density at radius 3 is 2.36 bits per heavy atom. The Kier molecular flexibility index (Phi) is 5.29. The van der Waals surface area contributed by atoms with Gasteiger partial charge in [0, 0.05) is 6.07 Å². The van der Waals surface area contributed by atoms with Crippen molar-refractivity contribution in [3.63, 3.8) is 0 Å². The lowest BCUT2D eigenvalue weighted by Gasteiger charge is -2.03. The second kappa shape index (κ2) is 5.96. The summed E-state index contributed by atoms with van der Waals surface area (Å²) in [5.74, 6) is 0.546. The first-order chi connectivity index (χ1) is 6.66. The van der Waals surface area contributed by atoms with Crippen LogP contribution < -0.4 is 4.74 Å². The van der Waals surface area contributed by atoms with Crippen molar-refractivity contribution in [2.24, 2.45) is 0 Å². The molecule has 0 amide bonds. The minimum atomic E-state index is -0.419. The quantitative estimate of drug-likeness (QED) is 0.541. The van der Waals surface area contributed by atoms with E-state index in [0.717, 1.165) is 0 Å². The van der Waals surface area contributed by atoms with Crippen LogP contribution in [0, 0.1) is 17.0 Å². The van der Waals surface area contributed by atoms with Gasteiger partial charge in [0.2, 0.25) is 0 Å². The third-order valence-corrected chi connectivity index (χ3v) is 1.67. The summed E-state index contributed by atoms with van der Waals surface area (Å²) in [6.07, 6.45) is 0. The van der Waals surface area contributed by atoms with Crippen molar-refractivity contribution >= 4 is 5.69 Å². The van der Waals surface area contributed by atoms with Crippen LogP contribution in [-0.4, -0.2) is 12.0 Å². The standard InChI is InChI=1S/C8H9NO3.C2H6/c1-6-7(9(10)11)4-3-5-8(6)12-2;1-2/h3-5H,1-2H3;1-2H3. The Morgan fingerprint density at radius 1 is 1.36 bits per heavy atom. The van der Waals surface area contributed by atoms with E-state index in [-0.39, 0.29) is 5.69 Å². The van der Waals surface area contributed by atoms with E-state index in [2.05, 4.69) is 0 Å². The Morgan fingerprint density at radius 2 is 1.93 bits per heavy atom. The molecule has 0 aliphatic rings. The summed E-state index contributed by atoms with van der Waals surface area (Å²) < 4.78 is 4.93. The predicted molar refractivity (Wildman–Crippen MR) is 55.7 cm³/mol. The molecule has 0 aliphatic heterocycles. The summed E-state index contributed by atoms with van der Waals surface area (Å²) in [5.41, 5.74) is 0.652. The summed E-state index contributed by atoms with van der Waals surface area (Å²) in [5, 5.41) is 10.4. The van der Waals surface area contributed by atoms with E-state index in [4.69, 9.17) is 4.74 Å². The van der Waals surface area contributed by atoms with Crippen LogP contribution in [0.5, 0.6) is 5.75 Å². The Labute approximate surface area is 83.7 Å². The van der Waals surface area contributed by atoms with Crippen molar-refractivity contribution < 1.29 is 9.66 Å². The molecule has 4 heteroatoms. The molecule has 0 saturated heterocycles. The molecule has 0 spiro atoms. The van der Waals surface area contributed by atoms with Crippen molar-refractivity contribution in [1.82, 2.24) is 0 Å². The molecule has 4 nitrogen and oxygen atoms in total. The van der Waals surface area contributed by atoms with Gasteiger partial charge in [0.15, 0.2) is 0 Å². The third kappa shape index (κ3) is 2.73. The fourth-order valence-electron chi connectivity index (χ4n) is 1.02.